The van der Waals surface area contributed by atoms with Crippen molar-refractivity contribution in [1.82, 2.24) is 0 Å². The Kier molecular flexibility index (Phi) is 4.88. The summed E-state index contributed by atoms with van der Waals surface area (Å²) in [7, 11) is 0. The molecule has 0 spiro atoms. The van der Waals surface area contributed by atoms with Crippen LogP contribution in [-0.4, -0.2) is 23.7 Å². The third-order valence-electron chi connectivity index (χ3n) is 1.29. The van der Waals surface area contributed by atoms with Gasteiger partial charge in [0.1, 0.15) is 6.04 Å². The number of carbonyl (C=O) groups is 1. The maximum absolute atomic E-state index is 10.1. The highest BCUT2D eigenvalue weighted by Gasteiger charge is 2.09. The van der Waals surface area contributed by atoms with Crippen LogP contribution in [0, 0.1) is 0 Å². The normalized spacial score (nSPS) is 13.0. The molecule has 1 atom stereocenters. The summed E-state index contributed by atoms with van der Waals surface area (Å²) in [4.78, 5) is 10.1. The Balaban J connectivity index is 3.21. The van der Waals surface area contributed by atoms with E-state index in [1.807, 2.05) is 0 Å². The molecule has 0 aliphatic rings. The molecule has 4 heteroatoms. The van der Waals surface area contributed by atoms with Gasteiger partial charge < -0.3 is 16.6 Å². The average molecular weight is 146 g/mol. The van der Waals surface area contributed by atoms with Gasteiger partial charge in [-0.05, 0) is 19.4 Å². The SMILES string of the molecule is NCCCC[12C@H](N)C(=O)O. The van der Waals surface area contributed by atoms with Crippen molar-refractivity contribution >= 4 is 5.97 Å². The Morgan fingerprint density at radius 1 is 1.50 bits per heavy atom. The second kappa shape index (κ2) is 5.20. The van der Waals surface area contributed by atoms with Gasteiger partial charge in [-0.2, -0.15) is 0 Å². The van der Waals surface area contributed by atoms with Crippen molar-refractivity contribution in [3.05, 3.63) is 0 Å². The van der Waals surface area contributed by atoms with Crippen molar-refractivity contribution in [3.8, 4) is 0 Å². The molecule has 4 nitrogen and oxygen atoms in total. The van der Waals surface area contributed by atoms with Crippen LogP contribution < -0.4 is 11.5 Å². The molecule has 0 rings (SSSR count). The molecular formula is C6H14N2O2. The van der Waals surface area contributed by atoms with Crippen LogP contribution in [0.3, 0.4) is 0 Å². The number of unbranched alkanes of at least 4 members (excludes halogenated alkanes) is 1. The maximum atomic E-state index is 10.1. The Morgan fingerprint density at radius 3 is 2.50 bits per heavy atom. The first kappa shape index (κ1) is 9.39. The molecule has 0 unspecified atom stereocenters. The highest BCUT2D eigenvalue weighted by molar-refractivity contribution is 5.72. The minimum Gasteiger partial charge on any atom is -0.480 e. The number of hydrogen-bond acceptors (Lipinski definition) is 3. The zero-order valence-electron chi connectivity index (χ0n) is 5.92. The van der Waals surface area contributed by atoms with Gasteiger partial charge in [0.15, 0.2) is 0 Å². The van der Waals surface area contributed by atoms with Crippen molar-refractivity contribution in [2.24, 2.45) is 11.5 Å². The van der Waals surface area contributed by atoms with E-state index in [1.54, 1.807) is 0 Å². The summed E-state index contributed by atoms with van der Waals surface area (Å²) < 4.78 is 0. The molecule has 0 aliphatic carbocycles. The van der Waals surface area contributed by atoms with E-state index in [1.165, 1.54) is 0 Å². The molecular weight excluding hydrogens is 132 g/mol. The van der Waals surface area contributed by atoms with Crippen LogP contribution in [-0.2, 0) is 4.79 Å². The Morgan fingerprint density at radius 2 is 2.10 bits per heavy atom. The van der Waals surface area contributed by atoms with Gasteiger partial charge in [0.2, 0.25) is 0 Å². The summed E-state index contributed by atoms with van der Waals surface area (Å²) in [5, 5.41) is 8.33. The summed E-state index contributed by atoms with van der Waals surface area (Å²) in [5.74, 6) is -0.933. The molecule has 0 heterocycles. The summed E-state index contributed by atoms with van der Waals surface area (Å²) in [6.07, 6.45) is 2.16. The van der Waals surface area contributed by atoms with E-state index in [0.717, 1.165) is 12.8 Å². The molecule has 0 aromatic carbocycles. The zero-order chi connectivity index (χ0) is 7.98. The van der Waals surface area contributed by atoms with E-state index >= 15 is 0 Å². The predicted octanol–water partition coefficient (Wildman–Crippen LogP) is -0.473. The van der Waals surface area contributed by atoms with Gasteiger partial charge in [0.25, 0.3) is 0 Å². The molecule has 0 saturated heterocycles. The standard InChI is InChI=1S/C6H14N2O2/c7-4-2-1-3-5(8)6(9)10/h5H,1-4,7-8H2,(H,9,10)/t5-/m0/s1/i5+0. The van der Waals surface area contributed by atoms with Crippen LogP contribution in [0.4, 0.5) is 0 Å². The monoisotopic (exact) mass is 146 g/mol. The first-order valence-electron chi connectivity index (χ1n) is 3.37. The molecule has 0 bridgehead atoms. The van der Waals surface area contributed by atoms with Crippen molar-refractivity contribution < 1.29 is 9.90 Å². The fourth-order valence-corrected chi connectivity index (χ4v) is 0.632. The van der Waals surface area contributed by atoms with E-state index in [4.69, 9.17) is 16.6 Å². The number of aliphatic carboxylic acids is 1. The van der Waals surface area contributed by atoms with Crippen LogP contribution >= 0.6 is 0 Å². The van der Waals surface area contributed by atoms with E-state index in [9.17, 15) is 4.79 Å². The van der Waals surface area contributed by atoms with Gasteiger partial charge in [-0.3, -0.25) is 4.79 Å². The van der Waals surface area contributed by atoms with Crippen LogP contribution in [0.25, 0.3) is 0 Å². The molecule has 60 valence electrons. The van der Waals surface area contributed by atoms with Gasteiger partial charge in [0.05, 0.1) is 0 Å². The van der Waals surface area contributed by atoms with Crippen molar-refractivity contribution in [1.29, 1.82) is 0 Å². The largest absolute Gasteiger partial charge is 0.480 e. The average Bonchev–Trinajstić information content (AvgIpc) is 1.88. The number of hydrogen-bond donors (Lipinski definition) is 3. The Labute approximate surface area is 60.2 Å². The second-order valence-electron chi connectivity index (χ2n) is 2.23. The van der Waals surface area contributed by atoms with Crippen LogP contribution in [0.1, 0.15) is 19.3 Å². The molecule has 0 aromatic rings. The highest BCUT2D eigenvalue weighted by atomic mass is 16.4. The lowest BCUT2D eigenvalue weighted by Gasteiger charge is -2.03. The second-order valence-corrected chi connectivity index (χ2v) is 2.23. The smallest absolute Gasteiger partial charge is 0.320 e. The first-order chi connectivity index (χ1) is 4.68. The molecule has 0 saturated carbocycles. The molecule has 0 aliphatic heterocycles. The van der Waals surface area contributed by atoms with E-state index < -0.39 is 12.0 Å². The highest BCUT2D eigenvalue weighted by Crippen LogP contribution is 1.96. The minimum atomic E-state index is -0.933. The van der Waals surface area contributed by atoms with Crippen molar-refractivity contribution in [2.45, 2.75) is 25.3 Å². The minimum absolute atomic E-state index is 0.520. The topological polar surface area (TPSA) is 89.3 Å². The number of carboxylic acid groups (broad SMARTS) is 1. The molecule has 0 radical (unpaired) electrons. The van der Waals surface area contributed by atoms with Gasteiger partial charge in [-0.15, -0.1) is 0 Å². The lowest BCUT2D eigenvalue weighted by Crippen LogP contribution is -2.29. The molecule has 0 amide bonds. The van der Waals surface area contributed by atoms with Gasteiger partial charge in [-0.1, -0.05) is 6.42 Å². The van der Waals surface area contributed by atoms with Gasteiger partial charge >= 0.3 is 5.97 Å². The van der Waals surface area contributed by atoms with Crippen molar-refractivity contribution in [3.63, 3.8) is 0 Å². The van der Waals surface area contributed by atoms with Crippen LogP contribution in [0.5, 0.6) is 0 Å². The van der Waals surface area contributed by atoms with E-state index in [2.05, 4.69) is 0 Å². The molecule has 0 fully saturated rings. The third-order valence-corrected chi connectivity index (χ3v) is 1.29. The first-order valence-corrected chi connectivity index (χ1v) is 3.37. The fraction of sp³-hybridized carbons (Fsp3) is 0.833. The maximum Gasteiger partial charge on any atom is 0.320 e. The third kappa shape index (κ3) is 4.29. The van der Waals surface area contributed by atoms with Crippen LogP contribution in [0.2, 0.25) is 0 Å². The summed E-state index contributed by atoms with van der Waals surface area (Å²) in [6, 6.07) is -0.716. The number of rotatable bonds is 5. The molecule has 10 heavy (non-hydrogen) atoms. The molecule has 0 aromatic heterocycles. The van der Waals surface area contributed by atoms with Crippen molar-refractivity contribution in [2.75, 3.05) is 6.54 Å². The number of nitrogens with two attached hydrogens (primary N) is 2. The predicted molar refractivity (Wildman–Crippen MR) is 38.5 cm³/mol. The van der Waals surface area contributed by atoms with Gasteiger partial charge in [-0.25, -0.2) is 0 Å². The summed E-state index contributed by atoms with van der Waals surface area (Å²) in [5.41, 5.74) is 10.4. The zero-order valence-corrected chi connectivity index (χ0v) is 5.92. The Bertz CT molecular complexity index is 106. The van der Waals surface area contributed by atoms with Gasteiger partial charge in [0, 0.05) is 0 Å². The quantitative estimate of drug-likeness (QED) is 0.457. The Hall–Kier alpha value is -0.610. The fourth-order valence-electron chi connectivity index (χ4n) is 0.632. The summed E-state index contributed by atoms with van der Waals surface area (Å²) >= 11 is 0. The lowest BCUT2D eigenvalue weighted by molar-refractivity contribution is -0.138. The lowest BCUT2D eigenvalue weighted by atomic mass is 10.1. The van der Waals surface area contributed by atoms with E-state index in [0.29, 0.717) is 13.0 Å². The molecule has 5 N–H and O–H groups in total. The summed E-state index contributed by atoms with van der Waals surface area (Å²) in [6.45, 7) is 0.604. The van der Waals surface area contributed by atoms with Crippen LogP contribution in [0.15, 0.2) is 0 Å². The number of carboxylic acids is 1. The van der Waals surface area contributed by atoms with E-state index in [-0.39, 0.29) is 0 Å².